The van der Waals surface area contributed by atoms with E-state index < -0.39 is 5.97 Å². The highest BCUT2D eigenvalue weighted by Crippen LogP contribution is 2.05. The van der Waals surface area contributed by atoms with E-state index in [0.29, 0.717) is 0 Å². The first-order valence-corrected chi connectivity index (χ1v) is 6.44. The highest BCUT2D eigenvalue weighted by Gasteiger charge is 2.15. The number of aliphatic carboxylic acids is 1. The number of unbranched alkanes of at least 4 members (excludes halogenated alkanes) is 1. The second-order valence-electron chi connectivity index (χ2n) is 4.82. The highest BCUT2D eigenvalue weighted by atomic mass is 16.4. The molecule has 17 heavy (non-hydrogen) atoms. The van der Waals surface area contributed by atoms with Gasteiger partial charge in [-0.15, -0.1) is 0 Å². The lowest BCUT2D eigenvalue weighted by molar-refractivity contribution is -0.139. The minimum Gasteiger partial charge on any atom is -0.480 e. The number of hydrogen-bond donors (Lipinski definition) is 2. The molecule has 0 aromatic carbocycles. The van der Waals surface area contributed by atoms with Crippen molar-refractivity contribution in [2.75, 3.05) is 46.8 Å². The summed E-state index contributed by atoms with van der Waals surface area (Å²) in [5.74, 6) is -0.743. The maximum atomic E-state index is 10.8. The predicted octanol–water partition coefficient (Wildman–Crippen LogP) is 0.0767. The summed E-state index contributed by atoms with van der Waals surface area (Å²) in [7, 11) is 3.86. The van der Waals surface area contributed by atoms with Crippen LogP contribution >= 0.6 is 0 Å². The van der Waals surface area contributed by atoms with Crippen LogP contribution in [0.2, 0.25) is 0 Å². The number of carboxylic acid groups (broad SMARTS) is 1. The first-order valence-electron chi connectivity index (χ1n) is 6.44. The van der Waals surface area contributed by atoms with Gasteiger partial charge in [-0.1, -0.05) is 6.42 Å². The topological polar surface area (TPSA) is 55.8 Å². The minimum absolute atomic E-state index is 0.387. The molecule has 5 heteroatoms. The molecule has 1 heterocycles. The Labute approximate surface area is 104 Å². The summed E-state index contributed by atoms with van der Waals surface area (Å²) in [6, 6.07) is -0.387. The van der Waals surface area contributed by atoms with Crippen LogP contribution in [0.5, 0.6) is 0 Å². The first-order chi connectivity index (χ1) is 8.13. The largest absolute Gasteiger partial charge is 0.480 e. The molecule has 0 aromatic heterocycles. The van der Waals surface area contributed by atoms with Crippen molar-refractivity contribution in [3.05, 3.63) is 0 Å². The third kappa shape index (κ3) is 5.48. The van der Waals surface area contributed by atoms with E-state index in [4.69, 9.17) is 5.11 Å². The van der Waals surface area contributed by atoms with Crippen molar-refractivity contribution in [2.45, 2.75) is 25.3 Å². The van der Waals surface area contributed by atoms with Gasteiger partial charge in [-0.3, -0.25) is 4.79 Å². The first kappa shape index (κ1) is 14.4. The summed E-state index contributed by atoms with van der Waals surface area (Å²) >= 11 is 0. The SMILES string of the molecule is CN[C@@H](CCCCN1CCN(C)CC1)C(=O)O. The van der Waals surface area contributed by atoms with E-state index in [1.807, 2.05) is 0 Å². The molecule has 5 nitrogen and oxygen atoms in total. The number of carboxylic acids is 1. The second kappa shape index (κ2) is 7.63. The summed E-state index contributed by atoms with van der Waals surface area (Å²) in [4.78, 5) is 15.6. The lowest BCUT2D eigenvalue weighted by Gasteiger charge is -2.32. The van der Waals surface area contributed by atoms with Gasteiger partial charge in [0.15, 0.2) is 0 Å². The predicted molar refractivity (Wildman–Crippen MR) is 68.3 cm³/mol. The van der Waals surface area contributed by atoms with Crippen LogP contribution in [0.4, 0.5) is 0 Å². The molecule has 100 valence electrons. The fourth-order valence-corrected chi connectivity index (χ4v) is 2.15. The van der Waals surface area contributed by atoms with Gasteiger partial charge in [0.05, 0.1) is 0 Å². The van der Waals surface area contributed by atoms with Crippen LogP contribution in [-0.2, 0) is 4.79 Å². The van der Waals surface area contributed by atoms with E-state index in [1.54, 1.807) is 7.05 Å². The molecule has 1 aliphatic rings. The van der Waals surface area contributed by atoms with Crippen molar-refractivity contribution in [1.29, 1.82) is 0 Å². The fraction of sp³-hybridized carbons (Fsp3) is 0.917. The molecule has 0 spiro atoms. The zero-order chi connectivity index (χ0) is 12.7. The highest BCUT2D eigenvalue weighted by molar-refractivity contribution is 5.73. The molecule has 1 atom stereocenters. The molecule has 0 saturated carbocycles. The van der Waals surface area contributed by atoms with Gasteiger partial charge in [0.2, 0.25) is 0 Å². The smallest absolute Gasteiger partial charge is 0.320 e. The molecule has 1 fully saturated rings. The van der Waals surface area contributed by atoms with Crippen LogP contribution in [0.25, 0.3) is 0 Å². The Hall–Kier alpha value is -0.650. The lowest BCUT2D eigenvalue weighted by atomic mass is 10.1. The van der Waals surface area contributed by atoms with Crippen molar-refractivity contribution in [3.63, 3.8) is 0 Å². The Morgan fingerprint density at radius 2 is 1.94 bits per heavy atom. The van der Waals surface area contributed by atoms with Gasteiger partial charge in [0.25, 0.3) is 0 Å². The number of carbonyl (C=O) groups is 1. The van der Waals surface area contributed by atoms with Crippen LogP contribution in [0.1, 0.15) is 19.3 Å². The van der Waals surface area contributed by atoms with Crippen LogP contribution < -0.4 is 5.32 Å². The maximum Gasteiger partial charge on any atom is 0.320 e. The van der Waals surface area contributed by atoms with E-state index in [0.717, 1.165) is 52.0 Å². The minimum atomic E-state index is -0.743. The van der Waals surface area contributed by atoms with Gasteiger partial charge in [-0.05, 0) is 33.5 Å². The summed E-state index contributed by atoms with van der Waals surface area (Å²) in [6.45, 7) is 5.68. The summed E-state index contributed by atoms with van der Waals surface area (Å²) in [5.41, 5.74) is 0. The molecule has 0 unspecified atom stereocenters. The summed E-state index contributed by atoms with van der Waals surface area (Å²) < 4.78 is 0. The van der Waals surface area contributed by atoms with Crippen LogP contribution in [0.15, 0.2) is 0 Å². The van der Waals surface area contributed by atoms with Gasteiger partial charge in [0, 0.05) is 26.2 Å². The Morgan fingerprint density at radius 3 is 2.47 bits per heavy atom. The monoisotopic (exact) mass is 243 g/mol. The summed E-state index contributed by atoms with van der Waals surface area (Å²) in [6.07, 6.45) is 2.79. The van der Waals surface area contributed by atoms with Crippen molar-refractivity contribution in [1.82, 2.24) is 15.1 Å². The van der Waals surface area contributed by atoms with Crippen LogP contribution in [-0.4, -0.2) is 73.7 Å². The van der Waals surface area contributed by atoms with Crippen molar-refractivity contribution >= 4 is 5.97 Å². The zero-order valence-electron chi connectivity index (χ0n) is 11.0. The molecule has 1 aliphatic heterocycles. The normalized spacial score (nSPS) is 20.4. The molecule has 0 amide bonds. The molecule has 2 N–H and O–H groups in total. The number of nitrogens with one attached hydrogen (secondary N) is 1. The Kier molecular flexibility index (Phi) is 6.47. The molecule has 0 aromatic rings. The molecule has 1 saturated heterocycles. The zero-order valence-corrected chi connectivity index (χ0v) is 11.0. The third-order valence-electron chi connectivity index (χ3n) is 3.46. The maximum absolute atomic E-state index is 10.8. The number of rotatable bonds is 7. The lowest BCUT2D eigenvalue weighted by Crippen LogP contribution is -2.44. The van der Waals surface area contributed by atoms with E-state index in [2.05, 4.69) is 22.2 Å². The van der Waals surface area contributed by atoms with Crippen LogP contribution in [0.3, 0.4) is 0 Å². The molecule has 0 radical (unpaired) electrons. The molecule has 0 aliphatic carbocycles. The van der Waals surface area contributed by atoms with Gasteiger partial charge < -0.3 is 20.2 Å². The van der Waals surface area contributed by atoms with E-state index in [9.17, 15) is 4.79 Å². The average molecular weight is 243 g/mol. The van der Waals surface area contributed by atoms with E-state index >= 15 is 0 Å². The summed E-state index contributed by atoms with van der Waals surface area (Å²) in [5, 5.41) is 11.7. The van der Waals surface area contributed by atoms with Crippen molar-refractivity contribution in [2.24, 2.45) is 0 Å². The number of hydrogen-bond acceptors (Lipinski definition) is 4. The van der Waals surface area contributed by atoms with Crippen molar-refractivity contribution < 1.29 is 9.90 Å². The second-order valence-corrected chi connectivity index (χ2v) is 4.82. The Balaban J connectivity index is 2.05. The number of nitrogens with zero attached hydrogens (tertiary/aromatic N) is 2. The molecule has 1 rings (SSSR count). The molecule has 0 bridgehead atoms. The Bertz CT molecular complexity index is 228. The molecular weight excluding hydrogens is 218 g/mol. The number of likely N-dealkylation sites (N-methyl/N-ethyl adjacent to an activating group) is 2. The quantitative estimate of drug-likeness (QED) is 0.620. The van der Waals surface area contributed by atoms with Crippen LogP contribution in [0, 0.1) is 0 Å². The van der Waals surface area contributed by atoms with E-state index in [-0.39, 0.29) is 6.04 Å². The van der Waals surface area contributed by atoms with Gasteiger partial charge in [-0.25, -0.2) is 0 Å². The van der Waals surface area contributed by atoms with Crippen molar-refractivity contribution in [3.8, 4) is 0 Å². The third-order valence-corrected chi connectivity index (χ3v) is 3.46. The Morgan fingerprint density at radius 1 is 1.29 bits per heavy atom. The fourth-order valence-electron chi connectivity index (χ4n) is 2.15. The van der Waals surface area contributed by atoms with E-state index in [1.165, 1.54) is 0 Å². The van der Waals surface area contributed by atoms with Gasteiger partial charge in [-0.2, -0.15) is 0 Å². The standard InChI is InChI=1S/C12H25N3O2/c1-13-11(12(16)17)5-3-4-6-15-9-7-14(2)8-10-15/h11,13H,3-10H2,1-2H3,(H,16,17)/t11-/m0/s1. The van der Waals surface area contributed by atoms with Gasteiger partial charge in [0.1, 0.15) is 6.04 Å². The number of piperazine rings is 1. The average Bonchev–Trinajstić information content (AvgIpc) is 2.31. The van der Waals surface area contributed by atoms with Gasteiger partial charge >= 0.3 is 5.97 Å². The molecular formula is C12H25N3O2.